The lowest BCUT2D eigenvalue weighted by Crippen LogP contribution is -2.06. The van der Waals surface area contributed by atoms with Crippen molar-refractivity contribution in [1.29, 1.82) is 0 Å². The molecule has 0 bridgehead atoms. The van der Waals surface area contributed by atoms with Crippen molar-refractivity contribution in [3.05, 3.63) is 26.4 Å². The van der Waals surface area contributed by atoms with Crippen LogP contribution in [0.25, 0.3) is 0 Å². The van der Waals surface area contributed by atoms with Crippen LogP contribution in [-0.2, 0) is 0 Å². The zero-order chi connectivity index (χ0) is 10.2. The number of nitrogens with two attached hydrogens (primary N) is 1. The van der Waals surface area contributed by atoms with Crippen LogP contribution in [0.3, 0.4) is 0 Å². The molecule has 1 aromatic rings. The lowest BCUT2D eigenvalue weighted by Gasteiger charge is -2.05. The van der Waals surface area contributed by atoms with Crippen molar-refractivity contribution in [3.8, 4) is 0 Å². The molecular formula is C7H4Br2FNO2. The van der Waals surface area contributed by atoms with Crippen LogP contribution in [0.5, 0.6) is 0 Å². The van der Waals surface area contributed by atoms with Gasteiger partial charge in [0, 0.05) is 4.47 Å². The Bertz CT molecular complexity index is 381. The van der Waals surface area contributed by atoms with Crippen LogP contribution in [-0.4, -0.2) is 11.1 Å². The van der Waals surface area contributed by atoms with E-state index in [2.05, 4.69) is 31.9 Å². The van der Waals surface area contributed by atoms with Gasteiger partial charge in [0.2, 0.25) is 0 Å². The maximum absolute atomic E-state index is 13.1. The molecule has 0 radical (unpaired) electrons. The number of carbonyl (C=O) groups is 1. The fraction of sp³-hybridized carbons (Fsp3) is 0. The minimum Gasteiger partial charge on any atom is -0.478 e. The van der Waals surface area contributed by atoms with Gasteiger partial charge in [-0.05, 0) is 37.9 Å². The highest BCUT2D eigenvalue weighted by Crippen LogP contribution is 2.31. The van der Waals surface area contributed by atoms with Crippen LogP contribution in [0.4, 0.5) is 10.1 Å². The van der Waals surface area contributed by atoms with Crippen LogP contribution in [0.15, 0.2) is 15.0 Å². The van der Waals surface area contributed by atoms with Crippen molar-refractivity contribution in [2.24, 2.45) is 0 Å². The summed E-state index contributed by atoms with van der Waals surface area (Å²) in [6, 6.07) is 1.30. The minimum absolute atomic E-state index is 0.127. The Labute approximate surface area is 90.0 Å². The van der Waals surface area contributed by atoms with Crippen LogP contribution in [0.2, 0.25) is 0 Å². The lowest BCUT2D eigenvalue weighted by atomic mass is 10.2. The van der Waals surface area contributed by atoms with Crippen LogP contribution in [0.1, 0.15) is 10.4 Å². The second-order valence-electron chi connectivity index (χ2n) is 2.25. The van der Waals surface area contributed by atoms with E-state index >= 15 is 0 Å². The zero-order valence-electron chi connectivity index (χ0n) is 6.14. The smallest absolute Gasteiger partial charge is 0.339 e. The molecule has 0 amide bonds. The van der Waals surface area contributed by atoms with E-state index in [4.69, 9.17) is 10.8 Å². The number of anilines is 1. The van der Waals surface area contributed by atoms with E-state index in [1.165, 1.54) is 6.07 Å². The first-order valence-corrected chi connectivity index (χ1v) is 4.70. The third-order valence-corrected chi connectivity index (χ3v) is 2.62. The molecule has 0 unspecified atom stereocenters. The average molecular weight is 313 g/mol. The van der Waals surface area contributed by atoms with Gasteiger partial charge >= 0.3 is 5.97 Å². The van der Waals surface area contributed by atoms with Gasteiger partial charge in [0.15, 0.2) is 5.82 Å². The maximum Gasteiger partial charge on any atom is 0.339 e. The van der Waals surface area contributed by atoms with Gasteiger partial charge in [0.05, 0.1) is 15.7 Å². The molecule has 70 valence electrons. The third-order valence-electron chi connectivity index (χ3n) is 1.42. The topological polar surface area (TPSA) is 63.3 Å². The number of rotatable bonds is 1. The summed E-state index contributed by atoms with van der Waals surface area (Å²) >= 11 is 5.88. The van der Waals surface area contributed by atoms with E-state index in [1.807, 2.05) is 0 Å². The molecule has 0 saturated carbocycles. The van der Waals surface area contributed by atoms with Gasteiger partial charge in [-0.15, -0.1) is 0 Å². The minimum atomic E-state index is -1.27. The second kappa shape index (κ2) is 3.63. The van der Waals surface area contributed by atoms with E-state index in [-0.39, 0.29) is 20.2 Å². The van der Waals surface area contributed by atoms with Gasteiger partial charge in [-0.3, -0.25) is 0 Å². The molecular weight excluding hydrogens is 309 g/mol. The number of aromatic carboxylic acids is 1. The molecule has 0 aromatic heterocycles. The fourth-order valence-corrected chi connectivity index (χ4v) is 2.19. The predicted molar refractivity (Wildman–Crippen MR) is 53.2 cm³/mol. The van der Waals surface area contributed by atoms with Crippen molar-refractivity contribution in [1.82, 2.24) is 0 Å². The molecule has 0 fully saturated rings. The Kier molecular flexibility index (Phi) is 2.92. The van der Waals surface area contributed by atoms with Gasteiger partial charge in [0.25, 0.3) is 0 Å². The number of hydrogen-bond acceptors (Lipinski definition) is 2. The SMILES string of the molecule is Nc1c(F)c(Br)cc(Br)c1C(=O)O. The molecule has 0 aliphatic heterocycles. The van der Waals surface area contributed by atoms with Gasteiger partial charge in [-0.25, -0.2) is 9.18 Å². The molecule has 3 nitrogen and oxygen atoms in total. The van der Waals surface area contributed by atoms with E-state index in [0.29, 0.717) is 0 Å². The molecule has 0 atom stereocenters. The number of benzene rings is 1. The van der Waals surface area contributed by atoms with E-state index in [0.717, 1.165) is 0 Å². The summed E-state index contributed by atoms with van der Waals surface area (Å²) in [4.78, 5) is 10.6. The van der Waals surface area contributed by atoms with Crippen molar-refractivity contribution in [3.63, 3.8) is 0 Å². The molecule has 0 spiro atoms. The summed E-state index contributed by atoms with van der Waals surface area (Å²) in [6.45, 7) is 0. The number of carboxylic acids is 1. The highest BCUT2D eigenvalue weighted by atomic mass is 79.9. The molecule has 6 heteroatoms. The van der Waals surface area contributed by atoms with E-state index in [1.54, 1.807) is 0 Å². The van der Waals surface area contributed by atoms with Gasteiger partial charge in [-0.1, -0.05) is 0 Å². The molecule has 1 rings (SSSR count). The van der Waals surface area contributed by atoms with Crippen molar-refractivity contribution in [2.75, 3.05) is 5.73 Å². The van der Waals surface area contributed by atoms with E-state index < -0.39 is 11.8 Å². The van der Waals surface area contributed by atoms with Crippen molar-refractivity contribution < 1.29 is 14.3 Å². The normalized spacial score (nSPS) is 10.1. The summed E-state index contributed by atoms with van der Waals surface area (Å²) < 4.78 is 13.4. The van der Waals surface area contributed by atoms with E-state index in [9.17, 15) is 9.18 Å². The largest absolute Gasteiger partial charge is 0.478 e. The van der Waals surface area contributed by atoms with Crippen LogP contribution >= 0.6 is 31.9 Å². The summed E-state index contributed by atoms with van der Waals surface area (Å²) in [7, 11) is 0. The van der Waals surface area contributed by atoms with Gasteiger partial charge in [-0.2, -0.15) is 0 Å². The fourth-order valence-electron chi connectivity index (χ4n) is 0.831. The monoisotopic (exact) mass is 311 g/mol. The highest BCUT2D eigenvalue weighted by Gasteiger charge is 2.18. The number of carboxylic acid groups (broad SMARTS) is 1. The molecule has 3 N–H and O–H groups in total. The molecule has 0 aliphatic carbocycles. The molecule has 13 heavy (non-hydrogen) atoms. The molecule has 1 aromatic carbocycles. The van der Waals surface area contributed by atoms with Gasteiger partial charge in [0.1, 0.15) is 0 Å². The number of hydrogen-bond donors (Lipinski definition) is 2. The summed E-state index contributed by atoms with van der Waals surface area (Å²) in [5, 5.41) is 8.67. The first-order chi connectivity index (χ1) is 5.95. The summed E-state index contributed by atoms with van der Waals surface area (Å²) in [5.41, 5.74) is 4.63. The number of halogens is 3. The Morgan fingerprint density at radius 2 is 2.00 bits per heavy atom. The summed E-state index contributed by atoms with van der Waals surface area (Å²) in [6.07, 6.45) is 0. The Balaban J connectivity index is 3.53. The Morgan fingerprint density at radius 3 is 2.46 bits per heavy atom. The molecule has 0 saturated heterocycles. The Hall–Kier alpha value is -0.620. The lowest BCUT2D eigenvalue weighted by molar-refractivity contribution is 0.0696. The van der Waals surface area contributed by atoms with Crippen LogP contribution in [0, 0.1) is 5.82 Å². The van der Waals surface area contributed by atoms with Crippen molar-refractivity contribution in [2.45, 2.75) is 0 Å². The third kappa shape index (κ3) is 1.83. The van der Waals surface area contributed by atoms with Crippen LogP contribution < -0.4 is 5.73 Å². The maximum atomic E-state index is 13.1. The predicted octanol–water partition coefficient (Wildman–Crippen LogP) is 2.63. The first-order valence-electron chi connectivity index (χ1n) is 3.11. The van der Waals surface area contributed by atoms with Crippen molar-refractivity contribution >= 4 is 43.5 Å². The quantitative estimate of drug-likeness (QED) is 0.619. The zero-order valence-corrected chi connectivity index (χ0v) is 9.32. The molecule has 0 aliphatic rings. The highest BCUT2D eigenvalue weighted by molar-refractivity contribution is 9.11. The second-order valence-corrected chi connectivity index (χ2v) is 3.96. The van der Waals surface area contributed by atoms with Gasteiger partial charge < -0.3 is 10.8 Å². The average Bonchev–Trinajstić information content (AvgIpc) is 1.99. The molecule has 0 heterocycles. The summed E-state index contributed by atoms with van der Waals surface area (Å²) in [5.74, 6) is -2.03. The standard InChI is InChI=1S/C7H4Br2FNO2/c8-2-1-3(9)5(10)6(11)4(2)7(12)13/h1H,11H2,(H,12,13). The first kappa shape index (κ1) is 10.5. The Morgan fingerprint density at radius 1 is 1.46 bits per heavy atom. The number of nitrogen functional groups attached to an aromatic ring is 1.